The first-order valence-corrected chi connectivity index (χ1v) is 10.7. The van der Waals surface area contributed by atoms with Gasteiger partial charge in [-0.15, -0.1) is 0 Å². The summed E-state index contributed by atoms with van der Waals surface area (Å²) in [7, 11) is 0. The molecule has 0 heterocycles. The van der Waals surface area contributed by atoms with Crippen LogP contribution in [-0.4, -0.2) is 24.1 Å². The molecule has 0 bridgehead atoms. The highest BCUT2D eigenvalue weighted by molar-refractivity contribution is 5.66. The number of fused-ring (bicyclic) bond motifs is 4. The standard InChI is InChI=1S/C24H36O4/c1-13(2)10-18(27-16(5)25)11-15(4)19-12-21(28-17(6)26)24(7)20-9-8-14(3)22(20)23(19)24/h10,14,18-23H,4,8-9,11-12H2,1-3,5-7H3/t14-,18-,19+,20+,21+,22-,23+,24+/m1/s1. The molecule has 0 aromatic rings. The normalized spacial score (nSPS) is 39.2. The van der Waals surface area contributed by atoms with Crippen LogP contribution < -0.4 is 0 Å². The summed E-state index contributed by atoms with van der Waals surface area (Å²) < 4.78 is 11.4. The molecule has 0 radical (unpaired) electrons. The molecular weight excluding hydrogens is 352 g/mol. The van der Waals surface area contributed by atoms with Crippen LogP contribution in [0.15, 0.2) is 23.8 Å². The fourth-order valence-corrected chi connectivity index (χ4v) is 6.81. The Kier molecular flexibility index (Phi) is 5.80. The molecule has 4 heteroatoms. The molecule has 0 amide bonds. The predicted octanol–water partition coefficient (Wildman–Crippen LogP) is 5.08. The molecule has 3 fully saturated rings. The number of carbonyl (C=O) groups excluding carboxylic acids is 2. The highest BCUT2D eigenvalue weighted by Crippen LogP contribution is 2.73. The Labute approximate surface area is 169 Å². The van der Waals surface area contributed by atoms with Gasteiger partial charge in [0.2, 0.25) is 0 Å². The molecule has 0 N–H and O–H groups in total. The second kappa shape index (κ2) is 7.68. The summed E-state index contributed by atoms with van der Waals surface area (Å²) in [5.74, 6) is 2.44. The number of hydrogen-bond acceptors (Lipinski definition) is 4. The van der Waals surface area contributed by atoms with Crippen LogP contribution in [0.4, 0.5) is 0 Å². The fourth-order valence-electron chi connectivity index (χ4n) is 6.81. The maximum Gasteiger partial charge on any atom is 0.303 e. The molecule has 28 heavy (non-hydrogen) atoms. The number of allylic oxidation sites excluding steroid dienone is 1. The summed E-state index contributed by atoms with van der Waals surface area (Å²) in [6.07, 6.45) is 5.70. The number of hydrogen-bond donors (Lipinski definition) is 0. The van der Waals surface area contributed by atoms with Crippen molar-refractivity contribution >= 4 is 11.9 Å². The van der Waals surface area contributed by atoms with Gasteiger partial charge in [-0.25, -0.2) is 0 Å². The van der Waals surface area contributed by atoms with Crippen LogP contribution in [0.25, 0.3) is 0 Å². The van der Waals surface area contributed by atoms with Gasteiger partial charge in [-0.1, -0.05) is 38.0 Å². The van der Waals surface area contributed by atoms with Crippen LogP contribution in [0.3, 0.4) is 0 Å². The lowest BCUT2D eigenvalue weighted by Gasteiger charge is -2.59. The summed E-state index contributed by atoms with van der Waals surface area (Å²) in [4.78, 5) is 23.3. The topological polar surface area (TPSA) is 52.6 Å². The van der Waals surface area contributed by atoms with E-state index in [9.17, 15) is 9.59 Å². The lowest BCUT2D eigenvalue weighted by molar-refractivity contribution is -0.177. The third-order valence-electron chi connectivity index (χ3n) is 7.71. The van der Waals surface area contributed by atoms with Crippen molar-refractivity contribution < 1.29 is 19.1 Å². The van der Waals surface area contributed by atoms with Gasteiger partial charge in [0.1, 0.15) is 12.2 Å². The van der Waals surface area contributed by atoms with E-state index >= 15 is 0 Å². The Morgan fingerprint density at radius 1 is 1.18 bits per heavy atom. The van der Waals surface area contributed by atoms with Crippen molar-refractivity contribution in [2.45, 2.75) is 79.4 Å². The second-order valence-corrected chi connectivity index (χ2v) is 9.82. The van der Waals surface area contributed by atoms with E-state index in [1.165, 1.54) is 26.7 Å². The van der Waals surface area contributed by atoms with Gasteiger partial charge in [-0.05, 0) is 62.4 Å². The van der Waals surface area contributed by atoms with E-state index in [2.05, 4.69) is 20.4 Å². The first-order chi connectivity index (χ1) is 13.1. The van der Waals surface area contributed by atoms with E-state index in [4.69, 9.17) is 9.47 Å². The van der Waals surface area contributed by atoms with Crippen molar-refractivity contribution in [3.63, 3.8) is 0 Å². The van der Waals surface area contributed by atoms with Crippen LogP contribution in [-0.2, 0) is 19.1 Å². The molecule has 4 nitrogen and oxygen atoms in total. The van der Waals surface area contributed by atoms with Crippen molar-refractivity contribution in [3.8, 4) is 0 Å². The van der Waals surface area contributed by atoms with Crippen LogP contribution >= 0.6 is 0 Å². The minimum Gasteiger partial charge on any atom is -0.462 e. The Hall–Kier alpha value is -1.58. The minimum absolute atomic E-state index is 0.0288. The van der Waals surface area contributed by atoms with Crippen molar-refractivity contribution in [2.24, 2.45) is 35.0 Å². The summed E-state index contributed by atoms with van der Waals surface area (Å²) >= 11 is 0. The van der Waals surface area contributed by atoms with Gasteiger partial charge in [0, 0.05) is 25.7 Å². The van der Waals surface area contributed by atoms with Crippen LogP contribution in [0.1, 0.15) is 67.2 Å². The Morgan fingerprint density at radius 3 is 2.43 bits per heavy atom. The SMILES string of the molecule is C=C(C[C@@H](C=C(C)C)OC(C)=O)[C@@H]1C[C@H](OC(C)=O)[C@@]2(C)[C@@H]1[C@@H]1[C@H](C)CC[C@@H]12. The average molecular weight is 389 g/mol. The molecule has 0 unspecified atom stereocenters. The first kappa shape index (κ1) is 21.1. The molecule has 0 aliphatic heterocycles. The second-order valence-electron chi connectivity index (χ2n) is 9.82. The van der Waals surface area contributed by atoms with Crippen molar-refractivity contribution in [3.05, 3.63) is 23.8 Å². The van der Waals surface area contributed by atoms with Crippen molar-refractivity contribution in [1.82, 2.24) is 0 Å². The first-order valence-electron chi connectivity index (χ1n) is 10.7. The maximum absolute atomic E-state index is 11.8. The average Bonchev–Trinajstić information content (AvgIpc) is 2.99. The van der Waals surface area contributed by atoms with Gasteiger partial charge in [0.15, 0.2) is 0 Å². The summed E-state index contributed by atoms with van der Waals surface area (Å²) in [6, 6.07) is 0. The van der Waals surface area contributed by atoms with E-state index in [0.29, 0.717) is 30.1 Å². The van der Waals surface area contributed by atoms with Gasteiger partial charge in [0.25, 0.3) is 0 Å². The molecule has 3 rings (SSSR count). The zero-order chi connectivity index (χ0) is 20.8. The maximum atomic E-state index is 11.8. The van der Waals surface area contributed by atoms with Crippen LogP contribution in [0.5, 0.6) is 0 Å². The van der Waals surface area contributed by atoms with E-state index in [1.54, 1.807) is 0 Å². The Morgan fingerprint density at radius 2 is 1.86 bits per heavy atom. The fraction of sp³-hybridized carbons (Fsp3) is 0.750. The summed E-state index contributed by atoms with van der Waals surface area (Å²) in [5, 5.41) is 0. The molecule has 3 saturated carbocycles. The molecule has 0 aromatic heterocycles. The molecule has 0 aromatic carbocycles. The molecule has 3 aliphatic carbocycles. The number of ether oxygens (including phenoxy) is 2. The molecule has 156 valence electrons. The number of esters is 2. The van der Waals surface area contributed by atoms with Gasteiger partial charge in [-0.3, -0.25) is 9.59 Å². The molecule has 8 atom stereocenters. The molecular formula is C24H36O4. The molecule has 0 spiro atoms. The monoisotopic (exact) mass is 388 g/mol. The van der Waals surface area contributed by atoms with E-state index in [0.717, 1.165) is 23.5 Å². The van der Waals surface area contributed by atoms with Crippen molar-refractivity contribution in [1.29, 1.82) is 0 Å². The highest BCUT2D eigenvalue weighted by Gasteiger charge is 2.71. The minimum atomic E-state index is -0.272. The van der Waals surface area contributed by atoms with Crippen molar-refractivity contribution in [2.75, 3.05) is 0 Å². The predicted molar refractivity (Wildman–Crippen MR) is 109 cm³/mol. The lowest BCUT2D eigenvalue weighted by Crippen LogP contribution is -2.57. The summed E-state index contributed by atoms with van der Waals surface area (Å²) in [5.41, 5.74) is 2.32. The molecule has 0 saturated heterocycles. The third-order valence-corrected chi connectivity index (χ3v) is 7.71. The number of carbonyl (C=O) groups is 2. The van der Waals surface area contributed by atoms with Crippen LogP contribution in [0, 0.1) is 35.0 Å². The highest BCUT2D eigenvalue weighted by atomic mass is 16.5. The van der Waals surface area contributed by atoms with E-state index in [1.807, 2.05) is 19.9 Å². The largest absolute Gasteiger partial charge is 0.462 e. The third kappa shape index (κ3) is 3.55. The van der Waals surface area contributed by atoms with E-state index < -0.39 is 0 Å². The van der Waals surface area contributed by atoms with Crippen LogP contribution in [0.2, 0.25) is 0 Å². The lowest BCUT2D eigenvalue weighted by atomic mass is 9.46. The molecule has 3 aliphatic rings. The quantitative estimate of drug-likeness (QED) is 0.470. The zero-order valence-corrected chi connectivity index (χ0v) is 18.3. The van der Waals surface area contributed by atoms with Gasteiger partial charge < -0.3 is 9.47 Å². The Bertz CT molecular complexity index is 689. The van der Waals surface area contributed by atoms with Gasteiger partial charge in [-0.2, -0.15) is 0 Å². The smallest absolute Gasteiger partial charge is 0.303 e. The summed E-state index contributed by atoms with van der Waals surface area (Å²) in [6.45, 7) is 16.1. The Balaban J connectivity index is 1.82. The van der Waals surface area contributed by atoms with Gasteiger partial charge in [0.05, 0.1) is 0 Å². The van der Waals surface area contributed by atoms with Gasteiger partial charge >= 0.3 is 11.9 Å². The number of rotatable bonds is 6. The van der Waals surface area contributed by atoms with E-state index in [-0.39, 0.29) is 29.6 Å². The zero-order valence-electron chi connectivity index (χ0n) is 18.3.